The van der Waals surface area contributed by atoms with Crippen LogP contribution in [0.2, 0.25) is 44.5 Å². The zero-order chi connectivity index (χ0) is 23.4. The summed E-state index contributed by atoms with van der Waals surface area (Å²) in [5.41, 5.74) is 2.99. The Hall–Kier alpha value is 0.196. The first-order valence-corrected chi connectivity index (χ1v) is 41.9. The molecule has 0 fully saturated rings. The Morgan fingerprint density at radius 2 is 1.03 bits per heavy atom. The molecule has 30 heavy (non-hydrogen) atoms. The van der Waals surface area contributed by atoms with E-state index in [-0.39, 0.29) is 0 Å². The number of benzene rings is 2. The van der Waals surface area contributed by atoms with Crippen molar-refractivity contribution in [1.82, 2.24) is 0 Å². The van der Waals surface area contributed by atoms with Crippen LogP contribution in [0.25, 0.3) is 0 Å². The second kappa shape index (κ2) is 14.4. The third-order valence-electron chi connectivity index (χ3n) is 3.90. The van der Waals surface area contributed by atoms with Crippen LogP contribution >= 0.6 is 0 Å². The summed E-state index contributed by atoms with van der Waals surface area (Å²) in [6.45, 7) is 0. The van der Waals surface area contributed by atoms with Gasteiger partial charge in [0.25, 0.3) is 0 Å². The normalized spacial score (nSPS) is 11.2. The molecule has 0 heterocycles. The zero-order valence-electron chi connectivity index (χ0n) is 21.1. The number of hydrogen-bond donors (Lipinski definition) is 0. The summed E-state index contributed by atoms with van der Waals surface area (Å²) in [5, 5.41) is 0. The summed E-state index contributed by atoms with van der Waals surface area (Å²) in [6.07, 6.45) is 5.15. The average molecular weight is 729 g/mol. The monoisotopic (exact) mass is 732 g/mol. The van der Waals surface area contributed by atoms with Crippen LogP contribution in [0.3, 0.4) is 0 Å². The Balaban J connectivity index is 0.000000450. The van der Waals surface area contributed by atoms with Crippen molar-refractivity contribution >= 4 is 55.1 Å². The second-order valence-corrected chi connectivity index (χ2v) is 56.1. The van der Waals surface area contributed by atoms with E-state index >= 15 is 0 Å². The summed E-state index contributed by atoms with van der Waals surface area (Å²) in [4.78, 5) is 21.4. The van der Waals surface area contributed by atoms with Gasteiger partial charge in [-0.2, -0.15) is 0 Å². The van der Waals surface area contributed by atoms with Crippen molar-refractivity contribution in [3.8, 4) is 16.1 Å². The van der Waals surface area contributed by atoms with E-state index < -0.39 is 55.1 Å². The van der Waals surface area contributed by atoms with Crippen molar-refractivity contribution in [3.63, 3.8) is 0 Å². The van der Waals surface area contributed by atoms with Crippen molar-refractivity contribution in [2.24, 2.45) is 0 Å². The van der Waals surface area contributed by atoms with Gasteiger partial charge in [-0.3, -0.25) is 0 Å². The van der Waals surface area contributed by atoms with Crippen molar-refractivity contribution in [1.29, 1.82) is 0 Å². The topological polar surface area (TPSA) is 9.23 Å². The van der Waals surface area contributed by atoms with Gasteiger partial charge < -0.3 is 0 Å². The molecule has 2 rings (SSSR count). The van der Waals surface area contributed by atoms with Crippen molar-refractivity contribution < 1.29 is 4.74 Å². The van der Waals surface area contributed by atoms with Gasteiger partial charge in [-0.05, 0) is 0 Å². The van der Waals surface area contributed by atoms with Crippen LogP contribution in [0.15, 0.2) is 54.6 Å². The summed E-state index contributed by atoms with van der Waals surface area (Å²) >= 11 is -4.91. The number of ether oxygens (including phenoxy) is 1. The van der Waals surface area contributed by atoms with Crippen molar-refractivity contribution in [2.45, 2.75) is 53.3 Å². The van der Waals surface area contributed by atoms with Gasteiger partial charge in [0.1, 0.15) is 0 Å². The Bertz CT molecular complexity index is 741. The second-order valence-electron chi connectivity index (χ2n) is 11.2. The fourth-order valence-corrected chi connectivity index (χ4v) is 10.9. The van der Waals surface area contributed by atoms with Gasteiger partial charge in [-0.1, -0.05) is 0 Å². The van der Waals surface area contributed by atoms with Crippen LogP contribution in [-0.2, 0) is 8.87 Å². The molecule has 0 N–H and O–H groups in total. The van der Waals surface area contributed by atoms with Gasteiger partial charge in [0.2, 0.25) is 0 Å². The van der Waals surface area contributed by atoms with Crippen LogP contribution < -0.4 is 4.74 Å². The average Bonchev–Trinajstić information content (AvgIpc) is 2.61. The van der Waals surface area contributed by atoms with Gasteiger partial charge >= 0.3 is 202 Å². The van der Waals surface area contributed by atoms with E-state index in [2.05, 4.69) is 90.9 Å². The first-order chi connectivity index (χ1) is 13.6. The molecule has 2 aromatic carbocycles. The standard InChI is InChI=1S/C8H9O.C7H7.C2H.9CH3.3Sn/c1-7-3-5-8(9-2)6-4-7;1-7-5-3-2-4-6-7;1-2;;;;;;;;;;;;/h3-6H,1H2,2H3;2-6H,1H2;1H;9*1H3;;;. The molecule has 0 aliphatic carbocycles. The Morgan fingerprint density at radius 1 is 0.667 bits per heavy atom. The van der Waals surface area contributed by atoms with Gasteiger partial charge in [0, 0.05) is 0 Å². The Kier molecular flexibility index (Phi) is 14.5. The Labute approximate surface area is 200 Å². The van der Waals surface area contributed by atoms with E-state index in [1.165, 1.54) is 20.0 Å². The third-order valence-corrected chi connectivity index (χ3v) is 14.8. The first kappa shape index (κ1) is 30.2. The van der Waals surface area contributed by atoms with E-state index in [9.17, 15) is 0 Å². The minimum atomic E-state index is -1.70. The van der Waals surface area contributed by atoms with Crippen LogP contribution in [0.5, 0.6) is 5.75 Å². The van der Waals surface area contributed by atoms with E-state index in [0.29, 0.717) is 0 Å². The number of methoxy groups -OCH3 is 1. The molecule has 1 nitrogen and oxygen atoms in total. The molecule has 0 aliphatic rings. The summed E-state index contributed by atoms with van der Waals surface area (Å²) < 4.78 is 10.6. The molecule has 0 radical (unpaired) electrons. The molecule has 0 atom stereocenters. The zero-order valence-corrected chi connectivity index (χ0v) is 29.7. The molecule has 0 saturated carbocycles. The van der Waals surface area contributed by atoms with Gasteiger partial charge in [-0.15, -0.1) is 0 Å². The maximum atomic E-state index is 5.15. The molecule has 4 heteroatoms. The van der Waals surface area contributed by atoms with Crippen LogP contribution in [0, 0.1) is 10.4 Å². The van der Waals surface area contributed by atoms with Crippen molar-refractivity contribution in [3.05, 3.63) is 65.7 Å². The minimum absolute atomic E-state index is 0.952. The van der Waals surface area contributed by atoms with Gasteiger partial charge in [-0.25, -0.2) is 0 Å². The third kappa shape index (κ3) is 18.9. The van der Waals surface area contributed by atoms with Crippen LogP contribution in [0.1, 0.15) is 11.1 Å². The molecular weight excluding hydrogens is 684 g/mol. The van der Waals surface area contributed by atoms with Gasteiger partial charge in [0.05, 0.1) is 0 Å². The van der Waals surface area contributed by atoms with E-state index in [1.54, 1.807) is 7.11 Å². The van der Waals surface area contributed by atoms with Crippen LogP contribution in [-0.4, -0.2) is 62.2 Å². The predicted molar refractivity (Wildman–Crippen MR) is 146 cm³/mol. The quantitative estimate of drug-likeness (QED) is 0.227. The molecule has 166 valence electrons. The maximum absolute atomic E-state index is 5.15. The number of hydrogen-bond acceptors (Lipinski definition) is 1. The number of terminal acetylenes is 1. The fourth-order valence-electron chi connectivity index (χ4n) is 2.56. The molecule has 0 unspecified atom stereocenters. The van der Waals surface area contributed by atoms with E-state index in [0.717, 1.165) is 5.75 Å². The number of rotatable bonds is 5. The molecule has 0 amide bonds. The van der Waals surface area contributed by atoms with Crippen LogP contribution in [0.4, 0.5) is 0 Å². The summed E-state index contributed by atoms with van der Waals surface area (Å²) in [5.74, 6) is 0.952. The molecule has 0 saturated heterocycles. The molecular formula is C26H44OSn3. The van der Waals surface area contributed by atoms with E-state index in [1.807, 2.05) is 12.1 Å². The van der Waals surface area contributed by atoms with E-state index in [4.69, 9.17) is 11.2 Å². The Morgan fingerprint density at radius 3 is 1.33 bits per heavy atom. The van der Waals surface area contributed by atoms with Crippen molar-refractivity contribution in [2.75, 3.05) is 7.11 Å². The van der Waals surface area contributed by atoms with Gasteiger partial charge in [0.15, 0.2) is 0 Å². The predicted octanol–water partition coefficient (Wildman–Crippen LogP) is 7.72. The fraction of sp³-hybridized carbons (Fsp3) is 0.462. The molecule has 0 bridgehead atoms. The molecule has 2 aromatic rings. The summed E-state index contributed by atoms with van der Waals surface area (Å²) in [6, 6.07) is 19.3. The molecule has 0 aliphatic heterocycles. The molecule has 0 aromatic heterocycles. The SMILES string of the molecule is C#[C][Sn]([CH3])([CH3])[CH3].COc1ccc([CH2][Sn]([CH3])([CH3])[CH3])cc1.[CH3][Sn]([CH3])([CH3])[CH2]c1ccccc1. The summed E-state index contributed by atoms with van der Waals surface area (Å²) in [7, 11) is 1.71. The molecule has 0 spiro atoms. The first-order valence-electron chi connectivity index (χ1n) is 10.8.